The van der Waals surface area contributed by atoms with Crippen LogP contribution in [0.3, 0.4) is 0 Å². The zero-order valence-corrected chi connectivity index (χ0v) is 11.3. The highest BCUT2D eigenvalue weighted by Crippen LogP contribution is 2.25. The van der Waals surface area contributed by atoms with Crippen LogP contribution in [0.2, 0.25) is 0 Å². The summed E-state index contributed by atoms with van der Waals surface area (Å²) in [6, 6.07) is 4.19. The van der Waals surface area contributed by atoms with Gasteiger partial charge in [-0.3, -0.25) is 15.6 Å². The Balaban J connectivity index is 2.92. The van der Waals surface area contributed by atoms with E-state index < -0.39 is 11.2 Å². The average Bonchev–Trinajstić information content (AvgIpc) is 2.35. The van der Waals surface area contributed by atoms with Gasteiger partial charge in [-0.05, 0) is 6.07 Å². The third kappa shape index (κ3) is 3.58. The second-order valence-electron chi connectivity index (χ2n) is 4.97. The second kappa shape index (κ2) is 5.57. The number of hydrogen-bond donors (Lipinski definition) is 2. The number of rotatable bonds is 3. The minimum Gasteiger partial charge on any atom is -0.495 e. The molecule has 102 valence electrons. The molecule has 1 rings (SSSR count). The Morgan fingerprint density at radius 1 is 1.42 bits per heavy atom. The van der Waals surface area contributed by atoms with E-state index >= 15 is 0 Å². The lowest BCUT2D eigenvalue weighted by atomic mass is 9.96. The van der Waals surface area contributed by atoms with Crippen molar-refractivity contribution in [3.8, 4) is 11.8 Å². The molecule has 0 atom stereocenters. The number of amides is 1. The van der Waals surface area contributed by atoms with Gasteiger partial charge < -0.3 is 4.74 Å². The van der Waals surface area contributed by atoms with Crippen LogP contribution < -0.4 is 15.6 Å². The number of carbonyl (C=O) groups excluding carboxylic acids is 1. The monoisotopic (exact) mass is 265 g/mol. The molecule has 0 heterocycles. The summed E-state index contributed by atoms with van der Waals surface area (Å²) in [7, 11) is 1.38. The number of hydrazine groups is 1. The van der Waals surface area contributed by atoms with E-state index in [1.54, 1.807) is 20.8 Å². The Morgan fingerprint density at radius 3 is 2.53 bits per heavy atom. The summed E-state index contributed by atoms with van der Waals surface area (Å²) in [6.45, 7) is 5.21. The molecule has 0 unspecified atom stereocenters. The molecule has 1 aromatic rings. The van der Waals surface area contributed by atoms with Gasteiger partial charge in [0.1, 0.15) is 17.6 Å². The number of hydrogen-bond acceptors (Lipinski definition) is 4. The van der Waals surface area contributed by atoms with Gasteiger partial charge in [-0.25, -0.2) is 4.39 Å². The molecule has 5 nitrogen and oxygen atoms in total. The minimum absolute atomic E-state index is 0.0356. The van der Waals surface area contributed by atoms with Crippen LogP contribution >= 0.6 is 0 Å². The number of carbonyl (C=O) groups is 1. The maximum atomic E-state index is 13.7. The van der Waals surface area contributed by atoms with Crippen molar-refractivity contribution in [2.75, 3.05) is 12.5 Å². The molecule has 19 heavy (non-hydrogen) atoms. The van der Waals surface area contributed by atoms with Gasteiger partial charge in [0.05, 0.1) is 18.4 Å². The fourth-order valence-electron chi connectivity index (χ4n) is 1.22. The van der Waals surface area contributed by atoms with Crippen molar-refractivity contribution in [2.24, 2.45) is 5.41 Å². The number of ether oxygens (including phenoxy) is 1. The number of halogens is 1. The van der Waals surface area contributed by atoms with E-state index in [4.69, 9.17) is 10.00 Å². The van der Waals surface area contributed by atoms with Gasteiger partial charge in [-0.15, -0.1) is 0 Å². The smallest absolute Gasteiger partial charge is 0.243 e. The van der Waals surface area contributed by atoms with Gasteiger partial charge in [0.2, 0.25) is 5.91 Å². The molecule has 0 fully saturated rings. The van der Waals surface area contributed by atoms with Crippen molar-refractivity contribution in [1.29, 1.82) is 5.26 Å². The van der Waals surface area contributed by atoms with Crippen molar-refractivity contribution >= 4 is 11.6 Å². The van der Waals surface area contributed by atoms with Crippen LogP contribution in [0.5, 0.6) is 5.75 Å². The van der Waals surface area contributed by atoms with Crippen LogP contribution in [0, 0.1) is 22.6 Å². The summed E-state index contributed by atoms with van der Waals surface area (Å²) >= 11 is 0. The largest absolute Gasteiger partial charge is 0.495 e. The summed E-state index contributed by atoms with van der Waals surface area (Å²) in [5.41, 5.74) is 4.41. The molecule has 1 amide bonds. The molecule has 1 aromatic carbocycles. The molecule has 0 aliphatic rings. The highest BCUT2D eigenvalue weighted by Gasteiger charge is 2.21. The maximum Gasteiger partial charge on any atom is 0.243 e. The first kappa shape index (κ1) is 14.8. The lowest BCUT2D eigenvalue weighted by molar-refractivity contribution is -0.127. The maximum absolute atomic E-state index is 13.7. The Bertz CT molecular complexity index is 530. The lowest BCUT2D eigenvalue weighted by Gasteiger charge is -2.19. The van der Waals surface area contributed by atoms with E-state index in [1.165, 1.54) is 13.2 Å². The first-order valence-electron chi connectivity index (χ1n) is 5.63. The Morgan fingerprint density at radius 2 is 2.05 bits per heavy atom. The standard InChI is InChI=1S/C13H16FN3O2/c1-13(2,3)12(18)17-16-10-6-11(19-4)8(7-15)5-9(10)14/h5-6,16H,1-4H3,(H,17,18). The molecule has 0 aromatic heterocycles. The first-order valence-corrected chi connectivity index (χ1v) is 5.63. The second-order valence-corrected chi connectivity index (χ2v) is 4.97. The van der Waals surface area contributed by atoms with Crippen molar-refractivity contribution in [1.82, 2.24) is 5.43 Å². The lowest BCUT2D eigenvalue weighted by Crippen LogP contribution is -2.38. The fourth-order valence-corrected chi connectivity index (χ4v) is 1.22. The first-order chi connectivity index (χ1) is 8.79. The number of nitriles is 1. The molecule has 0 aliphatic carbocycles. The van der Waals surface area contributed by atoms with E-state index in [0.717, 1.165) is 6.07 Å². The van der Waals surface area contributed by atoms with Gasteiger partial charge in [0.15, 0.2) is 0 Å². The quantitative estimate of drug-likeness (QED) is 0.822. The van der Waals surface area contributed by atoms with Crippen molar-refractivity contribution < 1.29 is 13.9 Å². The Hall–Kier alpha value is -2.29. The van der Waals surface area contributed by atoms with E-state index in [-0.39, 0.29) is 22.9 Å². The van der Waals surface area contributed by atoms with Crippen molar-refractivity contribution in [3.05, 3.63) is 23.5 Å². The molecular weight excluding hydrogens is 249 g/mol. The third-order valence-corrected chi connectivity index (χ3v) is 2.40. The third-order valence-electron chi connectivity index (χ3n) is 2.40. The molecule has 6 heteroatoms. The molecule has 0 aliphatic heterocycles. The number of nitrogens with one attached hydrogen (secondary N) is 2. The number of nitrogens with zero attached hydrogens (tertiary/aromatic N) is 1. The normalized spacial score (nSPS) is 10.5. The van der Waals surface area contributed by atoms with Crippen molar-refractivity contribution in [2.45, 2.75) is 20.8 Å². The summed E-state index contributed by atoms with van der Waals surface area (Å²) in [6.07, 6.45) is 0. The molecular formula is C13H16FN3O2. The van der Waals surface area contributed by atoms with E-state index in [9.17, 15) is 9.18 Å². The number of anilines is 1. The van der Waals surface area contributed by atoms with Crippen LogP contribution in [0.25, 0.3) is 0 Å². The zero-order chi connectivity index (χ0) is 14.6. The molecule has 0 spiro atoms. The highest BCUT2D eigenvalue weighted by atomic mass is 19.1. The zero-order valence-electron chi connectivity index (χ0n) is 11.3. The summed E-state index contributed by atoms with van der Waals surface area (Å²) < 4.78 is 18.6. The van der Waals surface area contributed by atoms with Gasteiger partial charge in [0.25, 0.3) is 0 Å². The van der Waals surface area contributed by atoms with Gasteiger partial charge in [-0.2, -0.15) is 5.26 Å². The molecule has 0 saturated carbocycles. The van der Waals surface area contributed by atoms with Crippen LogP contribution in [0.4, 0.5) is 10.1 Å². The van der Waals surface area contributed by atoms with Gasteiger partial charge in [0, 0.05) is 11.5 Å². The molecule has 0 saturated heterocycles. The van der Waals surface area contributed by atoms with Crippen LogP contribution in [-0.4, -0.2) is 13.0 Å². The minimum atomic E-state index is -0.647. The van der Waals surface area contributed by atoms with Gasteiger partial charge in [-0.1, -0.05) is 20.8 Å². The predicted octanol–water partition coefficient (Wildman–Crippen LogP) is 2.20. The Labute approximate surface area is 111 Å². The SMILES string of the molecule is COc1cc(NNC(=O)C(C)(C)C)c(F)cc1C#N. The number of benzene rings is 1. The topological polar surface area (TPSA) is 74.2 Å². The summed E-state index contributed by atoms with van der Waals surface area (Å²) in [5.74, 6) is -0.696. The molecule has 2 N–H and O–H groups in total. The van der Waals surface area contributed by atoms with Crippen LogP contribution in [0.15, 0.2) is 12.1 Å². The van der Waals surface area contributed by atoms with Crippen molar-refractivity contribution in [3.63, 3.8) is 0 Å². The Kier molecular flexibility index (Phi) is 4.33. The highest BCUT2D eigenvalue weighted by molar-refractivity contribution is 5.82. The predicted molar refractivity (Wildman–Crippen MR) is 68.9 cm³/mol. The van der Waals surface area contributed by atoms with Gasteiger partial charge >= 0.3 is 0 Å². The van der Waals surface area contributed by atoms with Crippen LogP contribution in [0.1, 0.15) is 26.3 Å². The molecule has 0 radical (unpaired) electrons. The van der Waals surface area contributed by atoms with Crippen LogP contribution in [-0.2, 0) is 4.79 Å². The van der Waals surface area contributed by atoms with E-state index in [0.29, 0.717) is 0 Å². The summed E-state index contributed by atoms with van der Waals surface area (Å²) in [4.78, 5) is 11.6. The molecule has 0 bridgehead atoms. The van der Waals surface area contributed by atoms with E-state index in [1.807, 2.05) is 6.07 Å². The number of methoxy groups -OCH3 is 1. The average molecular weight is 265 g/mol. The summed E-state index contributed by atoms with van der Waals surface area (Å²) in [5, 5.41) is 8.80. The van der Waals surface area contributed by atoms with E-state index in [2.05, 4.69) is 10.9 Å². The fraction of sp³-hybridized carbons (Fsp3) is 0.385.